The van der Waals surface area contributed by atoms with Gasteiger partial charge in [-0.2, -0.15) is 0 Å². The van der Waals surface area contributed by atoms with Gasteiger partial charge < -0.3 is 0 Å². The number of aromatic nitrogens is 1. The van der Waals surface area contributed by atoms with Crippen molar-refractivity contribution in [2.24, 2.45) is 0 Å². The summed E-state index contributed by atoms with van der Waals surface area (Å²) in [4.78, 5) is 13.3. The minimum atomic E-state index is -2.86. The number of carbonyl (C=O) groups excluding carboxylic acids is 1. The highest BCUT2D eigenvalue weighted by atomic mass is 19.3. The van der Waals surface area contributed by atoms with Crippen LogP contribution in [0.25, 0.3) is 0 Å². The lowest BCUT2D eigenvalue weighted by Crippen LogP contribution is -1.96. The molecule has 1 heterocycles. The Labute approximate surface area is 66.0 Å². The molecule has 0 aliphatic rings. The fourth-order valence-electron chi connectivity index (χ4n) is 0.710. The monoisotopic (exact) mass is 175 g/mol. The van der Waals surface area contributed by atoms with E-state index in [-0.39, 0.29) is 12.0 Å². The van der Waals surface area contributed by atoms with Crippen LogP contribution in [0.4, 0.5) is 13.2 Å². The van der Waals surface area contributed by atoms with Gasteiger partial charge in [-0.15, -0.1) is 0 Å². The number of hydrogen-bond acceptors (Lipinski definition) is 2. The van der Waals surface area contributed by atoms with Crippen molar-refractivity contribution in [3.63, 3.8) is 0 Å². The Morgan fingerprint density at radius 3 is 2.58 bits per heavy atom. The molecule has 0 atom stereocenters. The van der Waals surface area contributed by atoms with Gasteiger partial charge in [0.2, 0.25) is 0 Å². The Kier molecular flexibility index (Phi) is 2.42. The quantitative estimate of drug-likeness (QED) is 0.643. The molecule has 5 heteroatoms. The molecule has 0 unspecified atom stereocenters. The van der Waals surface area contributed by atoms with Gasteiger partial charge in [0.25, 0.3) is 6.43 Å². The first-order valence-corrected chi connectivity index (χ1v) is 3.04. The van der Waals surface area contributed by atoms with Crippen LogP contribution < -0.4 is 0 Å². The lowest BCUT2D eigenvalue weighted by molar-refractivity contribution is 0.111. The third-order valence-corrected chi connectivity index (χ3v) is 1.17. The zero-order chi connectivity index (χ0) is 9.14. The van der Waals surface area contributed by atoms with E-state index in [0.717, 1.165) is 6.07 Å². The molecular weight excluding hydrogens is 171 g/mol. The second-order valence-electron chi connectivity index (χ2n) is 2.05. The summed E-state index contributed by atoms with van der Waals surface area (Å²) in [6, 6.07) is 1.39. The van der Waals surface area contributed by atoms with Crippen LogP contribution in [0.15, 0.2) is 12.1 Å². The molecule has 0 saturated heterocycles. The van der Waals surface area contributed by atoms with Crippen molar-refractivity contribution in [2.45, 2.75) is 6.43 Å². The van der Waals surface area contributed by atoms with Crippen molar-refractivity contribution in [3.8, 4) is 0 Å². The van der Waals surface area contributed by atoms with E-state index < -0.39 is 17.9 Å². The Balaban J connectivity index is 3.14. The molecule has 0 aromatic carbocycles. The predicted molar refractivity (Wildman–Crippen MR) is 34.5 cm³/mol. The summed E-state index contributed by atoms with van der Waals surface area (Å²) in [5.41, 5.74) is -1.05. The third-order valence-electron chi connectivity index (χ3n) is 1.17. The van der Waals surface area contributed by atoms with Crippen LogP contribution >= 0.6 is 0 Å². The smallest absolute Gasteiger partial charge is 0.280 e. The van der Waals surface area contributed by atoms with Crippen LogP contribution in [0.5, 0.6) is 0 Å². The molecule has 1 aromatic heterocycles. The molecule has 0 N–H and O–H groups in total. The number of hydrogen-bond donors (Lipinski definition) is 0. The Morgan fingerprint density at radius 2 is 2.08 bits per heavy atom. The molecule has 1 aromatic rings. The molecule has 0 fully saturated rings. The molecule has 0 spiro atoms. The number of carbonyl (C=O) groups is 1. The summed E-state index contributed by atoms with van der Waals surface area (Å²) in [6.07, 6.45) is -2.64. The van der Waals surface area contributed by atoms with Crippen LogP contribution in [0.3, 0.4) is 0 Å². The zero-order valence-electron chi connectivity index (χ0n) is 5.80. The van der Waals surface area contributed by atoms with Gasteiger partial charge >= 0.3 is 0 Å². The zero-order valence-corrected chi connectivity index (χ0v) is 5.80. The van der Waals surface area contributed by atoms with Crippen LogP contribution in [-0.4, -0.2) is 11.3 Å². The second kappa shape index (κ2) is 3.34. The highest BCUT2D eigenvalue weighted by Gasteiger charge is 2.11. The maximum absolute atomic E-state index is 12.4. The third kappa shape index (κ3) is 1.81. The Bertz CT molecular complexity index is 301. The van der Waals surface area contributed by atoms with Gasteiger partial charge in [-0.05, 0) is 0 Å². The van der Waals surface area contributed by atoms with Gasteiger partial charge in [0, 0.05) is 12.1 Å². The van der Waals surface area contributed by atoms with E-state index in [1.165, 1.54) is 0 Å². The normalized spacial score (nSPS) is 10.3. The van der Waals surface area contributed by atoms with Crippen molar-refractivity contribution >= 4 is 6.29 Å². The summed E-state index contributed by atoms with van der Waals surface area (Å²) in [5.74, 6) is -0.887. The number of alkyl halides is 2. The van der Waals surface area contributed by atoms with E-state index >= 15 is 0 Å². The SMILES string of the molecule is O=Cc1cc(F)cc(C(F)F)n1. The van der Waals surface area contributed by atoms with E-state index in [4.69, 9.17) is 0 Å². The maximum atomic E-state index is 12.4. The van der Waals surface area contributed by atoms with Gasteiger partial charge in [-0.25, -0.2) is 18.2 Å². The van der Waals surface area contributed by atoms with E-state index in [1.54, 1.807) is 0 Å². The van der Waals surface area contributed by atoms with E-state index in [0.29, 0.717) is 6.07 Å². The molecule has 0 aliphatic heterocycles. The van der Waals surface area contributed by atoms with Crippen molar-refractivity contribution in [1.82, 2.24) is 4.98 Å². The first kappa shape index (κ1) is 8.70. The molecule has 0 aliphatic carbocycles. The number of halogens is 3. The van der Waals surface area contributed by atoms with Crippen molar-refractivity contribution < 1.29 is 18.0 Å². The predicted octanol–water partition coefficient (Wildman–Crippen LogP) is 1.97. The summed E-state index contributed by atoms with van der Waals surface area (Å²) in [7, 11) is 0. The molecule has 2 nitrogen and oxygen atoms in total. The number of aldehydes is 1. The van der Waals surface area contributed by atoms with E-state index in [1.807, 2.05) is 0 Å². The molecule has 64 valence electrons. The van der Waals surface area contributed by atoms with Crippen molar-refractivity contribution in [3.05, 3.63) is 29.3 Å². The lowest BCUT2D eigenvalue weighted by atomic mass is 10.3. The molecule has 0 saturated carbocycles. The summed E-state index contributed by atoms with van der Waals surface area (Å²) < 4.78 is 36.3. The van der Waals surface area contributed by atoms with E-state index in [2.05, 4.69) is 4.98 Å². The maximum Gasteiger partial charge on any atom is 0.280 e. The first-order valence-electron chi connectivity index (χ1n) is 3.04. The molecule has 0 amide bonds. The Hall–Kier alpha value is -1.39. The molecule has 0 radical (unpaired) electrons. The molecular formula is C7H4F3NO. The summed E-state index contributed by atoms with van der Waals surface area (Å²) in [6.45, 7) is 0. The fraction of sp³-hybridized carbons (Fsp3) is 0.143. The standard InChI is InChI=1S/C7H4F3NO/c8-4-1-5(3-12)11-6(2-4)7(9)10/h1-3,7H. The molecule has 12 heavy (non-hydrogen) atoms. The van der Waals surface area contributed by atoms with Gasteiger partial charge in [0.05, 0.1) is 0 Å². The second-order valence-corrected chi connectivity index (χ2v) is 2.05. The van der Waals surface area contributed by atoms with Gasteiger partial charge in [0.15, 0.2) is 6.29 Å². The first-order chi connectivity index (χ1) is 5.63. The number of rotatable bonds is 2. The van der Waals surface area contributed by atoms with E-state index in [9.17, 15) is 18.0 Å². The van der Waals surface area contributed by atoms with Crippen LogP contribution in [-0.2, 0) is 0 Å². The fourth-order valence-corrected chi connectivity index (χ4v) is 0.710. The van der Waals surface area contributed by atoms with Gasteiger partial charge in [-0.1, -0.05) is 0 Å². The Morgan fingerprint density at radius 1 is 1.42 bits per heavy atom. The minimum absolute atomic E-state index is 0.217. The lowest BCUT2D eigenvalue weighted by Gasteiger charge is -1.98. The number of pyridine rings is 1. The van der Waals surface area contributed by atoms with Crippen LogP contribution in [0.2, 0.25) is 0 Å². The average molecular weight is 175 g/mol. The highest BCUT2D eigenvalue weighted by molar-refractivity contribution is 5.71. The van der Waals surface area contributed by atoms with Crippen molar-refractivity contribution in [1.29, 1.82) is 0 Å². The van der Waals surface area contributed by atoms with Crippen LogP contribution in [0.1, 0.15) is 22.6 Å². The highest BCUT2D eigenvalue weighted by Crippen LogP contribution is 2.17. The van der Waals surface area contributed by atoms with Gasteiger partial charge in [-0.3, -0.25) is 4.79 Å². The van der Waals surface area contributed by atoms with Crippen molar-refractivity contribution in [2.75, 3.05) is 0 Å². The topological polar surface area (TPSA) is 30.0 Å². The summed E-state index contributed by atoms with van der Waals surface area (Å²) in [5, 5.41) is 0. The average Bonchev–Trinajstić information content (AvgIpc) is 2.03. The van der Waals surface area contributed by atoms with Gasteiger partial charge in [0.1, 0.15) is 17.2 Å². The summed E-state index contributed by atoms with van der Waals surface area (Å²) >= 11 is 0. The molecule has 0 bridgehead atoms. The largest absolute Gasteiger partial charge is 0.296 e. The minimum Gasteiger partial charge on any atom is -0.296 e. The van der Waals surface area contributed by atoms with Crippen LogP contribution in [0, 0.1) is 5.82 Å². The molecule has 1 rings (SSSR count). The number of nitrogens with zero attached hydrogens (tertiary/aromatic N) is 1.